The van der Waals surface area contributed by atoms with Gasteiger partial charge in [0.2, 0.25) is 0 Å². The number of rotatable bonds is 0. The van der Waals surface area contributed by atoms with Crippen LogP contribution in [0.15, 0.2) is 0 Å². The molecule has 0 fully saturated rings. The maximum Gasteiger partial charge on any atom is 0 e. The maximum absolute atomic E-state index is 3.00. The molecule has 0 aromatic carbocycles. The first-order valence-corrected chi connectivity index (χ1v) is 1.000. The van der Waals surface area contributed by atoms with Crippen LogP contribution in [0.4, 0.5) is 0 Å². The molecule has 0 N–H and O–H groups in total. The standard InChI is InChI=1S/2C2H4.ClH.Pt/c2*1-2;;/h2*1-2H2;1H;/p-1. The van der Waals surface area contributed by atoms with Gasteiger partial charge in [-0.1, -0.05) is 27.7 Å². The number of hydrogen-bond acceptors (Lipinski definition) is 0. The van der Waals surface area contributed by atoms with Gasteiger partial charge in [-0.3, -0.25) is 0 Å². The second-order valence-corrected chi connectivity index (χ2v) is 0. The molecule has 0 heterocycles. The van der Waals surface area contributed by atoms with E-state index in [1.54, 1.807) is 0 Å². The Morgan fingerprint density at radius 1 is 0.667 bits per heavy atom. The normalized spacial score (nSPS) is 2.00. The van der Waals surface area contributed by atoms with Gasteiger partial charge in [0.05, 0.1) is 0 Å². The molecule has 0 unspecified atom stereocenters. The van der Waals surface area contributed by atoms with Crippen molar-refractivity contribution in [1.82, 2.24) is 0 Å². The minimum absolute atomic E-state index is 0. The molecule has 0 saturated heterocycles. The van der Waals surface area contributed by atoms with Crippen LogP contribution in [0.2, 0.25) is 0 Å². The van der Waals surface area contributed by atoms with Crippen LogP contribution in [0.25, 0.3) is 0 Å². The first kappa shape index (κ1) is 28.1. The zero-order chi connectivity index (χ0) is 4.00. The fraction of sp³-hybridized carbons (Fsp3) is 0. The van der Waals surface area contributed by atoms with E-state index in [1.165, 1.54) is 0 Å². The third kappa shape index (κ3) is 82.3. The maximum atomic E-state index is 3.00. The molecule has 4 radical (unpaired) electrons. The molecule has 0 aromatic heterocycles. The Balaban J connectivity index is -0.00000000500. The van der Waals surface area contributed by atoms with Gasteiger partial charge in [-0.2, -0.15) is 0 Å². The predicted molar refractivity (Wildman–Crippen MR) is 21.4 cm³/mol. The van der Waals surface area contributed by atoms with Crippen LogP contribution in [0, 0.1) is 27.7 Å². The van der Waals surface area contributed by atoms with Gasteiger partial charge >= 0.3 is 0 Å². The Morgan fingerprint density at radius 2 is 0.667 bits per heavy atom. The summed E-state index contributed by atoms with van der Waals surface area (Å²) in [6.45, 7) is 12.0. The molecule has 42 valence electrons. The topological polar surface area (TPSA) is 0 Å². The van der Waals surface area contributed by atoms with E-state index >= 15 is 0 Å². The molecular formula is C4H8ClPt-. The number of hydrogen-bond donors (Lipinski definition) is 0. The summed E-state index contributed by atoms with van der Waals surface area (Å²) < 4.78 is 0. The molecular weight excluding hydrogens is 279 g/mol. The van der Waals surface area contributed by atoms with Crippen LogP contribution in [0.5, 0.6) is 0 Å². The van der Waals surface area contributed by atoms with Crippen molar-refractivity contribution in [2.75, 3.05) is 0 Å². The smallest absolute Gasteiger partial charge is 0 e. The van der Waals surface area contributed by atoms with E-state index in [9.17, 15) is 0 Å². The van der Waals surface area contributed by atoms with Crippen LogP contribution in [0.3, 0.4) is 0 Å². The third-order valence-corrected chi connectivity index (χ3v) is 0. The van der Waals surface area contributed by atoms with Gasteiger partial charge in [0.15, 0.2) is 0 Å². The van der Waals surface area contributed by atoms with Gasteiger partial charge in [0.1, 0.15) is 0 Å². The van der Waals surface area contributed by atoms with Gasteiger partial charge < -0.3 is 12.4 Å². The Kier molecular flexibility index (Phi) is 725. The van der Waals surface area contributed by atoms with Crippen LogP contribution in [-0.2, 0) is 21.1 Å². The van der Waals surface area contributed by atoms with Crippen LogP contribution < -0.4 is 12.4 Å². The fourth-order valence-corrected chi connectivity index (χ4v) is 0. The zero-order valence-electron chi connectivity index (χ0n) is 3.52. The largest absolute Gasteiger partial charge is 1.00 e. The SMILES string of the molecule is [CH2][CH2].[CH2][CH2].[Cl-].[Pt]. The van der Waals surface area contributed by atoms with E-state index in [2.05, 4.69) is 27.7 Å². The first-order valence-electron chi connectivity index (χ1n) is 1.000. The van der Waals surface area contributed by atoms with Crippen molar-refractivity contribution in [1.29, 1.82) is 0 Å². The Bertz CT molecular complexity index is 7.51. The molecule has 0 amide bonds. The van der Waals surface area contributed by atoms with Crippen molar-refractivity contribution >= 4 is 0 Å². The van der Waals surface area contributed by atoms with Gasteiger partial charge in [0, 0.05) is 21.1 Å². The molecule has 0 nitrogen and oxygen atoms in total. The molecule has 6 heavy (non-hydrogen) atoms. The van der Waals surface area contributed by atoms with E-state index in [1.807, 2.05) is 0 Å². The molecule has 0 bridgehead atoms. The Labute approximate surface area is 61.4 Å². The molecule has 0 spiro atoms. The molecule has 0 rings (SSSR count). The van der Waals surface area contributed by atoms with E-state index in [0.717, 1.165) is 0 Å². The van der Waals surface area contributed by atoms with E-state index < -0.39 is 0 Å². The monoisotopic (exact) mass is 286 g/mol. The summed E-state index contributed by atoms with van der Waals surface area (Å²) >= 11 is 0. The molecule has 0 saturated carbocycles. The summed E-state index contributed by atoms with van der Waals surface area (Å²) in [5, 5.41) is 0. The molecule has 0 aliphatic rings. The van der Waals surface area contributed by atoms with Crippen LogP contribution in [0.1, 0.15) is 0 Å². The van der Waals surface area contributed by atoms with Crippen molar-refractivity contribution in [2.45, 2.75) is 0 Å². The van der Waals surface area contributed by atoms with E-state index in [4.69, 9.17) is 0 Å². The summed E-state index contributed by atoms with van der Waals surface area (Å²) in [7, 11) is 0. The van der Waals surface area contributed by atoms with Crippen molar-refractivity contribution in [3.8, 4) is 0 Å². The van der Waals surface area contributed by atoms with Crippen molar-refractivity contribution in [3.63, 3.8) is 0 Å². The zero-order valence-corrected chi connectivity index (χ0v) is 6.55. The van der Waals surface area contributed by atoms with Gasteiger partial charge in [-0.15, -0.1) is 0 Å². The Hall–Kier alpha value is 0.978. The third-order valence-electron chi connectivity index (χ3n) is 0. The van der Waals surface area contributed by atoms with Crippen LogP contribution >= 0.6 is 0 Å². The average Bonchev–Trinajstić information content (AvgIpc) is 1.50. The molecule has 2 heteroatoms. The second kappa shape index (κ2) is 155. The predicted octanol–water partition coefficient (Wildman–Crippen LogP) is -1.69. The molecule has 0 atom stereocenters. The van der Waals surface area contributed by atoms with Gasteiger partial charge in [-0.05, 0) is 0 Å². The van der Waals surface area contributed by atoms with Crippen molar-refractivity contribution < 1.29 is 33.5 Å². The van der Waals surface area contributed by atoms with Gasteiger partial charge in [0.25, 0.3) is 0 Å². The second-order valence-electron chi connectivity index (χ2n) is 0. The quantitative estimate of drug-likeness (QED) is 0.499. The van der Waals surface area contributed by atoms with Crippen molar-refractivity contribution in [3.05, 3.63) is 27.7 Å². The summed E-state index contributed by atoms with van der Waals surface area (Å²) in [4.78, 5) is 0. The Morgan fingerprint density at radius 3 is 0.667 bits per heavy atom. The molecule has 0 aliphatic heterocycles. The van der Waals surface area contributed by atoms with E-state index in [-0.39, 0.29) is 33.5 Å². The van der Waals surface area contributed by atoms with Crippen molar-refractivity contribution in [2.24, 2.45) is 0 Å². The fourth-order valence-electron chi connectivity index (χ4n) is 0. The minimum atomic E-state index is 0. The molecule has 0 aliphatic carbocycles. The number of halogens is 1. The van der Waals surface area contributed by atoms with E-state index in [0.29, 0.717) is 0 Å². The average molecular weight is 287 g/mol. The minimum Gasteiger partial charge on any atom is -1.00 e. The van der Waals surface area contributed by atoms with Crippen LogP contribution in [-0.4, -0.2) is 0 Å². The summed E-state index contributed by atoms with van der Waals surface area (Å²) in [5.41, 5.74) is 0. The first-order chi connectivity index (χ1) is 2.00. The summed E-state index contributed by atoms with van der Waals surface area (Å²) in [6, 6.07) is 0. The van der Waals surface area contributed by atoms with Gasteiger partial charge in [-0.25, -0.2) is 0 Å². The summed E-state index contributed by atoms with van der Waals surface area (Å²) in [6.07, 6.45) is 0. The molecule has 0 aromatic rings. The summed E-state index contributed by atoms with van der Waals surface area (Å²) in [5.74, 6) is 0.